The van der Waals surface area contributed by atoms with E-state index in [2.05, 4.69) is 0 Å². The third-order valence-corrected chi connectivity index (χ3v) is 4.84. The van der Waals surface area contributed by atoms with Gasteiger partial charge in [0.25, 0.3) is 0 Å². The van der Waals surface area contributed by atoms with Gasteiger partial charge in [0.1, 0.15) is 17.6 Å². The summed E-state index contributed by atoms with van der Waals surface area (Å²) in [5, 5.41) is 1.12. The van der Waals surface area contributed by atoms with Crippen LogP contribution in [-0.2, 0) is 4.79 Å². The van der Waals surface area contributed by atoms with Gasteiger partial charge in [0.15, 0.2) is 0 Å². The van der Waals surface area contributed by atoms with Crippen molar-refractivity contribution in [2.75, 3.05) is 0 Å². The van der Waals surface area contributed by atoms with Gasteiger partial charge >= 0.3 is 0 Å². The topological polar surface area (TPSA) is 26.3 Å². The Morgan fingerprint density at radius 1 is 1.05 bits per heavy atom. The molecule has 2 fully saturated rings. The Balaban J connectivity index is 1.78. The molecule has 102 valence electrons. The highest BCUT2D eigenvalue weighted by Crippen LogP contribution is 2.50. The molecule has 0 amide bonds. The zero-order chi connectivity index (χ0) is 13.5. The Morgan fingerprint density at radius 3 is 2.26 bits per heavy atom. The number of rotatable bonds is 2. The van der Waals surface area contributed by atoms with Gasteiger partial charge in [-0.25, -0.2) is 0 Å². The summed E-state index contributed by atoms with van der Waals surface area (Å²) in [5.41, 5.74) is -0.229. The van der Waals surface area contributed by atoms with Crippen molar-refractivity contribution in [2.24, 2.45) is 5.41 Å². The van der Waals surface area contributed by atoms with Crippen molar-refractivity contribution >= 4 is 29.0 Å². The zero-order valence-electron chi connectivity index (χ0n) is 10.6. The van der Waals surface area contributed by atoms with Crippen LogP contribution in [0.3, 0.4) is 0 Å². The molecular weight excluding hydrogens is 283 g/mol. The van der Waals surface area contributed by atoms with Gasteiger partial charge in [-0.2, -0.15) is 0 Å². The number of hydrogen-bond acceptors (Lipinski definition) is 2. The fourth-order valence-corrected chi connectivity index (χ4v) is 3.82. The first-order valence-electron chi connectivity index (χ1n) is 6.76. The Kier molecular flexibility index (Phi) is 3.48. The quantitative estimate of drug-likeness (QED) is 0.793. The lowest BCUT2D eigenvalue weighted by Gasteiger charge is -2.49. The highest BCUT2D eigenvalue weighted by molar-refractivity contribution is 6.34. The second kappa shape index (κ2) is 4.99. The lowest BCUT2D eigenvalue weighted by atomic mass is 9.57. The highest BCUT2D eigenvalue weighted by Gasteiger charge is 2.56. The summed E-state index contributed by atoms with van der Waals surface area (Å²) in [6.45, 7) is 0. The SMILES string of the molecule is O=C1CC(Oc2cc(Cl)cc(Cl)c2)C12CCCCC2. The summed E-state index contributed by atoms with van der Waals surface area (Å²) in [6, 6.07) is 5.19. The van der Waals surface area contributed by atoms with E-state index < -0.39 is 0 Å². The van der Waals surface area contributed by atoms with E-state index in [1.807, 2.05) is 0 Å². The Morgan fingerprint density at radius 2 is 1.68 bits per heavy atom. The third kappa shape index (κ3) is 2.36. The van der Waals surface area contributed by atoms with E-state index in [9.17, 15) is 4.79 Å². The van der Waals surface area contributed by atoms with Crippen LogP contribution in [0.2, 0.25) is 10.0 Å². The number of halogens is 2. The molecule has 0 radical (unpaired) electrons. The Labute approximate surface area is 123 Å². The van der Waals surface area contributed by atoms with Gasteiger partial charge in [-0.15, -0.1) is 0 Å². The predicted octanol–water partition coefficient (Wildman–Crippen LogP) is 4.66. The van der Waals surface area contributed by atoms with E-state index in [-0.39, 0.29) is 11.5 Å². The van der Waals surface area contributed by atoms with Gasteiger partial charge in [0.2, 0.25) is 0 Å². The van der Waals surface area contributed by atoms with Gasteiger partial charge in [0.05, 0.1) is 5.41 Å². The molecule has 0 heterocycles. The number of benzene rings is 1. The minimum Gasteiger partial charge on any atom is -0.489 e. The summed E-state index contributed by atoms with van der Waals surface area (Å²) in [4.78, 5) is 12.0. The van der Waals surface area contributed by atoms with E-state index in [4.69, 9.17) is 27.9 Å². The van der Waals surface area contributed by atoms with Crippen LogP contribution < -0.4 is 4.74 Å². The number of ketones is 1. The molecule has 0 N–H and O–H groups in total. The van der Waals surface area contributed by atoms with Gasteiger partial charge < -0.3 is 4.74 Å². The van der Waals surface area contributed by atoms with Crippen molar-refractivity contribution in [3.63, 3.8) is 0 Å². The van der Waals surface area contributed by atoms with Crippen molar-refractivity contribution in [1.82, 2.24) is 0 Å². The van der Waals surface area contributed by atoms with Crippen molar-refractivity contribution in [3.05, 3.63) is 28.2 Å². The molecule has 1 spiro atoms. The van der Waals surface area contributed by atoms with E-state index >= 15 is 0 Å². The number of hydrogen-bond donors (Lipinski definition) is 0. The lowest BCUT2D eigenvalue weighted by Crippen LogP contribution is -2.57. The molecule has 1 atom stereocenters. The van der Waals surface area contributed by atoms with E-state index in [1.54, 1.807) is 18.2 Å². The Bertz CT molecular complexity index is 487. The summed E-state index contributed by atoms with van der Waals surface area (Å²) in [5.74, 6) is 1.03. The van der Waals surface area contributed by atoms with Crippen LogP contribution in [0.25, 0.3) is 0 Å². The molecule has 0 saturated heterocycles. The number of carbonyl (C=O) groups is 1. The van der Waals surface area contributed by atoms with Crippen LogP contribution in [0.1, 0.15) is 38.5 Å². The molecule has 2 nitrogen and oxygen atoms in total. The van der Waals surface area contributed by atoms with Crippen LogP contribution in [0, 0.1) is 5.41 Å². The summed E-state index contributed by atoms with van der Waals surface area (Å²) in [7, 11) is 0. The highest BCUT2D eigenvalue weighted by atomic mass is 35.5. The fraction of sp³-hybridized carbons (Fsp3) is 0.533. The van der Waals surface area contributed by atoms with E-state index in [0.29, 0.717) is 28.0 Å². The average molecular weight is 299 g/mol. The molecule has 0 aliphatic heterocycles. The van der Waals surface area contributed by atoms with Crippen LogP contribution >= 0.6 is 23.2 Å². The van der Waals surface area contributed by atoms with Crippen LogP contribution in [-0.4, -0.2) is 11.9 Å². The number of Topliss-reactive ketones (excluding diaryl/α,β-unsaturated/α-hetero) is 1. The smallest absolute Gasteiger partial charge is 0.146 e. The monoisotopic (exact) mass is 298 g/mol. The predicted molar refractivity (Wildman–Crippen MR) is 76.0 cm³/mol. The van der Waals surface area contributed by atoms with E-state index in [1.165, 1.54) is 6.42 Å². The second-order valence-corrected chi connectivity index (χ2v) is 6.43. The maximum Gasteiger partial charge on any atom is 0.146 e. The standard InChI is InChI=1S/C15H16Cl2O2/c16-10-6-11(17)8-12(7-10)19-14-9-13(18)15(14)4-2-1-3-5-15/h6-8,14H,1-5,9H2. The molecule has 1 unspecified atom stereocenters. The van der Waals surface area contributed by atoms with Crippen molar-refractivity contribution in [2.45, 2.75) is 44.6 Å². The number of ether oxygens (including phenoxy) is 1. The van der Waals surface area contributed by atoms with Gasteiger partial charge in [-0.1, -0.05) is 42.5 Å². The van der Waals surface area contributed by atoms with Crippen LogP contribution in [0.5, 0.6) is 5.75 Å². The first-order valence-corrected chi connectivity index (χ1v) is 7.52. The molecule has 2 aliphatic rings. The zero-order valence-corrected chi connectivity index (χ0v) is 12.1. The molecule has 1 aromatic carbocycles. The average Bonchev–Trinajstić information content (AvgIpc) is 2.38. The minimum absolute atomic E-state index is 0.00478. The summed E-state index contributed by atoms with van der Waals surface area (Å²) in [6.07, 6.45) is 5.92. The van der Waals surface area contributed by atoms with Crippen molar-refractivity contribution in [3.8, 4) is 5.75 Å². The maximum atomic E-state index is 12.0. The molecule has 2 saturated carbocycles. The first-order chi connectivity index (χ1) is 9.10. The van der Waals surface area contributed by atoms with Crippen molar-refractivity contribution < 1.29 is 9.53 Å². The minimum atomic E-state index is -0.229. The molecule has 4 heteroatoms. The summed E-state index contributed by atoms with van der Waals surface area (Å²) >= 11 is 11.9. The fourth-order valence-electron chi connectivity index (χ4n) is 3.31. The van der Waals surface area contributed by atoms with Crippen molar-refractivity contribution in [1.29, 1.82) is 0 Å². The van der Waals surface area contributed by atoms with Gasteiger partial charge in [-0.05, 0) is 31.0 Å². The van der Waals surface area contributed by atoms with Gasteiger partial charge in [-0.3, -0.25) is 4.79 Å². The summed E-state index contributed by atoms with van der Waals surface area (Å²) < 4.78 is 5.99. The van der Waals surface area contributed by atoms with Gasteiger partial charge in [0, 0.05) is 16.5 Å². The first kappa shape index (κ1) is 13.3. The van der Waals surface area contributed by atoms with E-state index in [0.717, 1.165) is 25.7 Å². The van der Waals surface area contributed by atoms with Crippen LogP contribution in [0.4, 0.5) is 0 Å². The molecule has 0 bridgehead atoms. The molecule has 2 aliphatic carbocycles. The molecule has 3 rings (SSSR count). The molecular formula is C15H16Cl2O2. The largest absolute Gasteiger partial charge is 0.489 e. The van der Waals surface area contributed by atoms with Crippen LogP contribution in [0.15, 0.2) is 18.2 Å². The normalized spacial score (nSPS) is 25.2. The molecule has 1 aromatic rings. The molecule has 0 aromatic heterocycles. The number of carbonyl (C=O) groups excluding carboxylic acids is 1. The Hall–Kier alpha value is -0.730. The second-order valence-electron chi connectivity index (χ2n) is 5.56. The maximum absolute atomic E-state index is 12.0. The molecule has 19 heavy (non-hydrogen) atoms. The third-order valence-electron chi connectivity index (χ3n) is 4.40. The lowest BCUT2D eigenvalue weighted by molar-refractivity contribution is -0.156.